The zero-order valence-electron chi connectivity index (χ0n) is 11.8. The number of ether oxygens (including phenoxy) is 1. The lowest BCUT2D eigenvalue weighted by Crippen LogP contribution is -2.04. The molecule has 0 fully saturated rings. The van der Waals surface area contributed by atoms with E-state index in [0.717, 1.165) is 10.6 Å². The average Bonchev–Trinajstić information content (AvgIpc) is 2.47. The fourth-order valence-electron chi connectivity index (χ4n) is 1.78. The summed E-state index contributed by atoms with van der Waals surface area (Å²) in [6.07, 6.45) is 0. The highest BCUT2D eigenvalue weighted by Gasteiger charge is 2.07. The highest BCUT2D eigenvalue weighted by Crippen LogP contribution is 2.24. The molecule has 0 aliphatic heterocycles. The van der Waals surface area contributed by atoms with E-state index in [2.05, 4.69) is 31.2 Å². The summed E-state index contributed by atoms with van der Waals surface area (Å²) in [6, 6.07) is 16.1. The van der Waals surface area contributed by atoms with E-state index >= 15 is 0 Å². The number of benzene rings is 2. The van der Waals surface area contributed by atoms with Gasteiger partial charge in [0.05, 0.1) is 12.2 Å². The van der Waals surface area contributed by atoms with E-state index in [4.69, 9.17) is 4.74 Å². The second-order valence-corrected chi connectivity index (χ2v) is 5.57. The molecule has 2 aromatic rings. The lowest BCUT2D eigenvalue weighted by atomic mass is 10.2. The average molecular weight is 286 g/mol. The molecular formula is C17H18O2S. The third-order valence-electron chi connectivity index (χ3n) is 2.87. The van der Waals surface area contributed by atoms with Gasteiger partial charge < -0.3 is 4.74 Å². The number of carbonyl (C=O) groups is 1. The van der Waals surface area contributed by atoms with Crippen molar-refractivity contribution in [3.8, 4) is 0 Å². The standard InChI is InChI=1S/C17H18O2S/c1-3-19-17(18)15-5-4-6-16(11-15)20-12-14-9-7-13(2)8-10-14/h4-11H,3,12H2,1-2H3. The zero-order valence-corrected chi connectivity index (χ0v) is 12.6. The summed E-state index contributed by atoms with van der Waals surface area (Å²) in [4.78, 5) is 12.8. The molecule has 104 valence electrons. The van der Waals surface area contributed by atoms with Crippen molar-refractivity contribution in [2.45, 2.75) is 24.5 Å². The molecule has 0 saturated carbocycles. The van der Waals surface area contributed by atoms with Gasteiger partial charge in [-0.15, -0.1) is 11.8 Å². The Hall–Kier alpha value is -1.74. The second-order valence-electron chi connectivity index (χ2n) is 4.52. The van der Waals surface area contributed by atoms with Crippen LogP contribution in [-0.2, 0) is 10.5 Å². The summed E-state index contributed by atoms with van der Waals surface area (Å²) >= 11 is 1.72. The van der Waals surface area contributed by atoms with Crippen LogP contribution in [0.15, 0.2) is 53.4 Å². The Morgan fingerprint density at radius 3 is 2.60 bits per heavy atom. The van der Waals surface area contributed by atoms with Crippen LogP contribution in [0.25, 0.3) is 0 Å². The van der Waals surface area contributed by atoms with Crippen molar-refractivity contribution in [2.24, 2.45) is 0 Å². The fraction of sp³-hybridized carbons (Fsp3) is 0.235. The summed E-state index contributed by atoms with van der Waals surface area (Å²) in [7, 11) is 0. The van der Waals surface area contributed by atoms with Gasteiger partial charge in [0.1, 0.15) is 0 Å². The maximum Gasteiger partial charge on any atom is 0.338 e. The van der Waals surface area contributed by atoms with E-state index in [1.165, 1.54) is 11.1 Å². The van der Waals surface area contributed by atoms with Crippen molar-refractivity contribution in [3.05, 3.63) is 65.2 Å². The van der Waals surface area contributed by atoms with Gasteiger partial charge in [-0.05, 0) is 37.6 Å². The van der Waals surface area contributed by atoms with Crippen molar-refractivity contribution in [2.75, 3.05) is 6.61 Å². The van der Waals surface area contributed by atoms with Crippen molar-refractivity contribution in [1.82, 2.24) is 0 Å². The summed E-state index contributed by atoms with van der Waals surface area (Å²) in [5.74, 6) is 0.636. The van der Waals surface area contributed by atoms with Crippen LogP contribution in [0.2, 0.25) is 0 Å². The first kappa shape index (κ1) is 14.7. The van der Waals surface area contributed by atoms with Gasteiger partial charge in [-0.1, -0.05) is 35.9 Å². The molecule has 0 saturated heterocycles. The van der Waals surface area contributed by atoms with Crippen LogP contribution in [0.5, 0.6) is 0 Å². The molecule has 0 radical (unpaired) electrons. The summed E-state index contributed by atoms with van der Waals surface area (Å²) in [5, 5.41) is 0. The van der Waals surface area contributed by atoms with Crippen molar-refractivity contribution in [1.29, 1.82) is 0 Å². The van der Waals surface area contributed by atoms with E-state index < -0.39 is 0 Å². The van der Waals surface area contributed by atoms with Gasteiger partial charge in [0.15, 0.2) is 0 Å². The van der Waals surface area contributed by atoms with Gasteiger partial charge in [0.2, 0.25) is 0 Å². The summed E-state index contributed by atoms with van der Waals surface area (Å²) in [5.41, 5.74) is 3.16. The molecule has 2 aromatic carbocycles. The number of carbonyl (C=O) groups excluding carboxylic acids is 1. The molecule has 0 amide bonds. The molecule has 0 aliphatic rings. The lowest BCUT2D eigenvalue weighted by molar-refractivity contribution is 0.0526. The van der Waals surface area contributed by atoms with Gasteiger partial charge in [-0.25, -0.2) is 4.79 Å². The normalized spacial score (nSPS) is 10.3. The van der Waals surface area contributed by atoms with Crippen molar-refractivity contribution >= 4 is 17.7 Å². The first-order valence-corrected chi connectivity index (χ1v) is 7.63. The van der Waals surface area contributed by atoms with E-state index in [9.17, 15) is 4.79 Å². The Morgan fingerprint density at radius 1 is 1.15 bits per heavy atom. The van der Waals surface area contributed by atoms with Crippen LogP contribution in [0.1, 0.15) is 28.4 Å². The highest BCUT2D eigenvalue weighted by atomic mass is 32.2. The minimum absolute atomic E-state index is 0.259. The van der Waals surface area contributed by atoms with Gasteiger partial charge in [0, 0.05) is 10.6 Å². The molecule has 0 N–H and O–H groups in total. The molecule has 0 unspecified atom stereocenters. The van der Waals surface area contributed by atoms with Crippen LogP contribution in [0.3, 0.4) is 0 Å². The molecule has 0 heterocycles. The quantitative estimate of drug-likeness (QED) is 0.599. The van der Waals surface area contributed by atoms with E-state index in [-0.39, 0.29) is 5.97 Å². The first-order valence-electron chi connectivity index (χ1n) is 6.64. The van der Waals surface area contributed by atoms with Crippen LogP contribution < -0.4 is 0 Å². The van der Waals surface area contributed by atoms with E-state index in [0.29, 0.717) is 12.2 Å². The number of hydrogen-bond donors (Lipinski definition) is 0. The minimum Gasteiger partial charge on any atom is -0.462 e. The number of rotatable bonds is 5. The molecule has 0 aromatic heterocycles. The molecule has 2 rings (SSSR count). The predicted molar refractivity (Wildman–Crippen MR) is 83.1 cm³/mol. The third-order valence-corrected chi connectivity index (χ3v) is 3.94. The van der Waals surface area contributed by atoms with Crippen molar-refractivity contribution < 1.29 is 9.53 Å². The van der Waals surface area contributed by atoms with Gasteiger partial charge in [-0.3, -0.25) is 0 Å². The zero-order chi connectivity index (χ0) is 14.4. The molecule has 20 heavy (non-hydrogen) atoms. The monoisotopic (exact) mass is 286 g/mol. The van der Waals surface area contributed by atoms with Crippen LogP contribution in [-0.4, -0.2) is 12.6 Å². The Morgan fingerprint density at radius 2 is 1.90 bits per heavy atom. The molecule has 2 nitrogen and oxygen atoms in total. The van der Waals surface area contributed by atoms with Gasteiger partial charge in [0.25, 0.3) is 0 Å². The number of aryl methyl sites for hydroxylation is 1. The van der Waals surface area contributed by atoms with E-state index in [1.807, 2.05) is 25.1 Å². The molecule has 0 bridgehead atoms. The Balaban J connectivity index is 2.01. The number of hydrogen-bond acceptors (Lipinski definition) is 3. The topological polar surface area (TPSA) is 26.3 Å². The minimum atomic E-state index is -0.259. The predicted octanol–water partition coefficient (Wildman–Crippen LogP) is 4.46. The third kappa shape index (κ3) is 4.14. The maximum absolute atomic E-state index is 11.7. The number of esters is 1. The number of thioether (sulfide) groups is 1. The lowest BCUT2D eigenvalue weighted by Gasteiger charge is -2.05. The Kier molecular flexibility index (Phi) is 5.24. The highest BCUT2D eigenvalue weighted by molar-refractivity contribution is 7.98. The Labute approximate surface area is 124 Å². The maximum atomic E-state index is 11.7. The molecule has 3 heteroatoms. The second kappa shape index (κ2) is 7.15. The summed E-state index contributed by atoms with van der Waals surface area (Å²) in [6.45, 7) is 4.30. The molecule has 0 spiro atoms. The fourth-order valence-corrected chi connectivity index (χ4v) is 2.69. The SMILES string of the molecule is CCOC(=O)c1cccc(SCc2ccc(C)cc2)c1. The van der Waals surface area contributed by atoms with Crippen LogP contribution in [0.4, 0.5) is 0 Å². The Bertz CT molecular complexity index is 576. The first-order chi connectivity index (χ1) is 9.69. The molecular weight excluding hydrogens is 268 g/mol. The molecule has 0 atom stereocenters. The smallest absolute Gasteiger partial charge is 0.338 e. The van der Waals surface area contributed by atoms with Gasteiger partial charge >= 0.3 is 5.97 Å². The van der Waals surface area contributed by atoms with E-state index in [1.54, 1.807) is 17.8 Å². The molecule has 0 aliphatic carbocycles. The van der Waals surface area contributed by atoms with Crippen LogP contribution >= 0.6 is 11.8 Å². The van der Waals surface area contributed by atoms with Crippen molar-refractivity contribution in [3.63, 3.8) is 0 Å². The van der Waals surface area contributed by atoms with Gasteiger partial charge in [-0.2, -0.15) is 0 Å². The van der Waals surface area contributed by atoms with Crippen LogP contribution in [0, 0.1) is 6.92 Å². The summed E-state index contributed by atoms with van der Waals surface area (Å²) < 4.78 is 5.01. The largest absolute Gasteiger partial charge is 0.462 e.